The predicted octanol–water partition coefficient (Wildman–Crippen LogP) is 6.47. The Morgan fingerprint density at radius 2 is 1.76 bits per heavy atom. The predicted molar refractivity (Wildman–Crippen MR) is 151 cm³/mol. The zero-order valence-corrected chi connectivity index (χ0v) is 22.5. The van der Waals surface area contributed by atoms with Crippen molar-refractivity contribution in [2.24, 2.45) is 0 Å². The Balaban J connectivity index is 1.54. The van der Waals surface area contributed by atoms with E-state index in [1.165, 1.54) is 0 Å². The zero-order chi connectivity index (χ0) is 26.4. The van der Waals surface area contributed by atoms with Crippen molar-refractivity contribution in [3.63, 3.8) is 0 Å². The molecule has 1 N–H and O–H groups in total. The number of carbonyl (C=O) groups is 1. The van der Waals surface area contributed by atoms with Crippen LogP contribution in [0.5, 0.6) is 0 Å². The van der Waals surface area contributed by atoms with Gasteiger partial charge in [0.1, 0.15) is 5.82 Å². The molecular weight excluding hydrogens is 506 g/mol. The molecule has 0 saturated heterocycles. The molecular formula is C29H30ClN3O3S. The van der Waals surface area contributed by atoms with Crippen LogP contribution in [0.2, 0.25) is 5.02 Å². The van der Waals surface area contributed by atoms with Crippen molar-refractivity contribution in [3.8, 4) is 0 Å². The highest BCUT2D eigenvalue weighted by Crippen LogP contribution is 2.24. The van der Waals surface area contributed by atoms with Crippen LogP contribution in [-0.2, 0) is 16.6 Å². The fourth-order valence-corrected chi connectivity index (χ4v) is 5.43. The summed E-state index contributed by atoms with van der Waals surface area (Å²) in [6.07, 6.45) is 6.28. The van der Waals surface area contributed by atoms with Gasteiger partial charge in [-0.25, -0.2) is 18.1 Å². The van der Waals surface area contributed by atoms with Crippen molar-refractivity contribution in [3.05, 3.63) is 99.8 Å². The lowest BCUT2D eigenvalue weighted by Gasteiger charge is -2.11. The van der Waals surface area contributed by atoms with Gasteiger partial charge in [0, 0.05) is 10.6 Å². The number of aryl methyl sites for hydroxylation is 1. The summed E-state index contributed by atoms with van der Waals surface area (Å²) in [5.41, 5.74) is 4.73. The summed E-state index contributed by atoms with van der Waals surface area (Å²) in [5, 5.41) is 0.628. The van der Waals surface area contributed by atoms with E-state index in [0.29, 0.717) is 18.0 Å². The number of nitrogens with one attached hydrogen (secondary N) is 1. The van der Waals surface area contributed by atoms with Gasteiger partial charge < -0.3 is 4.57 Å². The molecule has 8 heteroatoms. The second kappa shape index (κ2) is 11.8. The van der Waals surface area contributed by atoms with Crippen LogP contribution in [0.25, 0.3) is 23.2 Å². The monoisotopic (exact) mass is 535 g/mol. The zero-order valence-electron chi connectivity index (χ0n) is 20.9. The molecule has 0 aliphatic heterocycles. The van der Waals surface area contributed by atoms with Gasteiger partial charge in [-0.2, -0.15) is 0 Å². The van der Waals surface area contributed by atoms with E-state index >= 15 is 0 Å². The first-order valence-corrected chi connectivity index (χ1v) is 14.3. The third-order valence-corrected chi connectivity index (χ3v) is 7.81. The number of unbranched alkanes of at least 4 members (excludes halogenated alkanes) is 2. The van der Waals surface area contributed by atoms with Crippen LogP contribution in [-0.4, -0.2) is 29.6 Å². The largest absolute Gasteiger partial charge is 0.324 e. The Hall–Kier alpha value is -3.42. The third kappa shape index (κ3) is 6.87. The van der Waals surface area contributed by atoms with Crippen LogP contribution < -0.4 is 4.72 Å². The number of fused-ring (bicyclic) bond motifs is 1. The number of hydrogen-bond acceptors (Lipinski definition) is 4. The van der Waals surface area contributed by atoms with Crippen molar-refractivity contribution in [2.75, 3.05) is 5.75 Å². The number of imidazole rings is 1. The minimum absolute atomic E-state index is 0.0686. The van der Waals surface area contributed by atoms with Crippen LogP contribution in [0.1, 0.15) is 59.1 Å². The normalized spacial score (nSPS) is 11.9. The van der Waals surface area contributed by atoms with Crippen molar-refractivity contribution >= 4 is 50.7 Å². The molecule has 0 unspecified atom stereocenters. The molecule has 37 heavy (non-hydrogen) atoms. The van der Waals surface area contributed by atoms with Gasteiger partial charge in [0.05, 0.1) is 23.3 Å². The summed E-state index contributed by atoms with van der Waals surface area (Å²) in [7, 11) is -3.69. The number of halogens is 1. The molecule has 4 aromatic rings. The van der Waals surface area contributed by atoms with Gasteiger partial charge in [0.2, 0.25) is 10.0 Å². The van der Waals surface area contributed by atoms with Gasteiger partial charge in [0.25, 0.3) is 5.91 Å². The molecule has 0 aliphatic carbocycles. The molecule has 0 aliphatic rings. The van der Waals surface area contributed by atoms with E-state index in [-0.39, 0.29) is 11.3 Å². The number of sulfonamides is 1. The average Bonchev–Trinajstić information content (AvgIpc) is 3.18. The molecule has 1 aromatic heterocycles. The summed E-state index contributed by atoms with van der Waals surface area (Å²) in [4.78, 5) is 17.3. The number of amides is 1. The molecule has 4 rings (SSSR count). The first-order chi connectivity index (χ1) is 17.8. The Bertz CT molecular complexity index is 1540. The highest BCUT2D eigenvalue weighted by atomic mass is 35.5. The van der Waals surface area contributed by atoms with Crippen LogP contribution in [0.15, 0.2) is 66.7 Å². The smallest absolute Gasteiger partial charge is 0.264 e. The fraction of sp³-hybridized carbons (Fsp3) is 0.241. The summed E-state index contributed by atoms with van der Waals surface area (Å²) in [6, 6.07) is 21.0. The molecule has 3 aromatic carbocycles. The van der Waals surface area contributed by atoms with E-state index in [9.17, 15) is 13.2 Å². The second-order valence-electron chi connectivity index (χ2n) is 9.00. The summed E-state index contributed by atoms with van der Waals surface area (Å²) >= 11 is 6.64. The van der Waals surface area contributed by atoms with Crippen molar-refractivity contribution in [1.82, 2.24) is 14.3 Å². The highest BCUT2D eigenvalue weighted by Gasteiger charge is 2.18. The standard InChI is InChI=1S/C29H30ClN3O3S/c1-3-4-8-17-37(35,36)32-29(34)24-15-16-27-28(19-24)33(21(2)31-27)20-25-14-13-23(18-26(25)30)12-11-22-9-6-5-7-10-22/h5-7,9-16,18-19H,3-4,8,17,20H2,1-2H3,(H,32,34). The number of benzene rings is 3. The Labute approximate surface area is 223 Å². The lowest BCUT2D eigenvalue weighted by atomic mass is 10.1. The van der Waals surface area contributed by atoms with Crippen LogP contribution in [0, 0.1) is 6.92 Å². The topological polar surface area (TPSA) is 81.1 Å². The van der Waals surface area contributed by atoms with Crippen molar-refractivity contribution in [2.45, 2.75) is 39.7 Å². The minimum Gasteiger partial charge on any atom is -0.324 e. The number of aromatic nitrogens is 2. The number of hydrogen-bond donors (Lipinski definition) is 1. The molecule has 6 nitrogen and oxygen atoms in total. The Kier molecular flexibility index (Phi) is 8.46. The lowest BCUT2D eigenvalue weighted by molar-refractivity contribution is 0.0981. The third-order valence-electron chi connectivity index (χ3n) is 6.14. The number of rotatable bonds is 10. The summed E-state index contributed by atoms with van der Waals surface area (Å²) in [6.45, 7) is 4.35. The van der Waals surface area contributed by atoms with Gasteiger partial charge in [-0.15, -0.1) is 0 Å². The van der Waals surface area contributed by atoms with Crippen LogP contribution in [0.4, 0.5) is 0 Å². The van der Waals surface area contributed by atoms with Gasteiger partial charge in [0.15, 0.2) is 0 Å². The maximum Gasteiger partial charge on any atom is 0.264 e. The highest BCUT2D eigenvalue weighted by molar-refractivity contribution is 7.90. The minimum atomic E-state index is -3.69. The summed E-state index contributed by atoms with van der Waals surface area (Å²) < 4.78 is 28.7. The maximum atomic E-state index is 12.7. The molecule has 192 valence electrons. The first kappa shape index (κ1) is 26.6. The number of carbonyl (C=O) groups excluding carboxylic acids is 1. The van der Waals surface area contributed by atoms with Crippen LogP contribution >= 0.6 is 11.6 Å². The van der Waals surface area contributed by atoms with Crippen molar-refractivity contribution in [1.29, 1.82) is 0 Å². The second-order valence-corrected chi connectivity index (χ2v) is 11.2. The quantitative estimate of drug-likeness (QED) is 0.186. The van der Waals surface area contributed by atoms with E-state index in [0.717, 1.165) is 46.4 Å². The van der Waals surface area contributed by atoms with E-state index in [1.807, 2.05) is 79.1 Å². The number of nitrogens with zero attached hydrogens (tertiary/aromatic N) is 2. The Morgan fingerprint density at radius 3 is 2.49 bits per heavy atom. The maximum absolute atomic E-state index is 12.7. The van der Waals surface area contributed by atoms with Gasteiger partial charge in [-0.3, -0.25) is 4.79 Å². The van der Waals surface area contributed by atoms with Gasteiger partial charge in [-0.05, 0) is 54.3 Å². The molecule has 0 fully saturated rings. The van der Waals surface area contributed by atoms with Crippen molar-refractivity contribution < 1.29 is 13.2 Å². The van der Waals surface area contributed by atoms with Crippen LogP contribution in [0.3, 0.4) is 0 Å². The fourth-order valence-electron chi connectivity index (χ4n) is 4.10. The molecule has 0 atom stereocenters. The Morgan fingerprint density at radius 1 is 1.00 bits per heavy atom. The van der Waals surface area contributed by atoms with E-state index in [4.69, 9.17) is 11.6 Å². The van der Waals surface area contributed by atoms with E-state index in [2.05, 4.69) is 9.71 Å². The molecule has 0 saturated carbocycles. The molecule has 1 amide bonds. The molecule has 0 radical (unpaired) electrons. The van der Waals surface area contributed by atoms with Gasteiger partial charge in [-0.1, -0.05) is 86.0 Å². The van der Waals surface area contributed by atoms with Gasteiger partial charge >= 0.3 is 0 Å². The summed E-state index contributed by atoms with van der Waals surface area (Å²) in [5.74, 6) is 0.0567. The first-order valence-electron chi connectivity index (χ1n) is 12.3. The lowest BCUT2D eigenvalue weighted by Crippen LogP contribution is -2.32. The molecule has 0 spiro atoms. The van der Waals surface area contributed by atoms with E-state index < -0.39 is 15.9 Å². The average molecular weight is 536 g/mol. The molecule has 0 bridgehead atoms. The SMILES string of the molecule is CCCCCS(=O)(=O)NC(=O)c1ccc2nc(C)n(Cc3ccc(C=Cc4ccccc4)cc3Cl)c2c1. The van der Waals surface area contributed by atoms with E-state index in [1.54, 1.807) is 18.2 Å². The molecule has 1 heterocycles.